The van der Waals surface area contributed by atoms with Crippen molar-refractivity contribution in [1.29, 1.82) is 0 Å². The summed E-state index contributed by atoms with van der Waals surface area (Å²) < 4.78 is 7.49. The van der Waals surface area contributed by atoms with Crippen LogP contribution in [0.2, 0.25) is 0 Å². The van der Waals surface area contributed by atoms with Crippen molar-refractivity contribution in [2.24, 2.45) is 0 Å². The molecule has 0 saturated carbocycles. The monoisotopic (exact) mass is 250 g/mol. The van der Waals surface area contributed by atoms with E-state index in [-0.39, 0.29) is 5.78 Å². The highest BCUT2D eigenvalue weighted by Gasteiger charge is 2.26. The minimum absolute atomic E-state index is 0.217. The van der Waals surface area contributed by atoms with Crippen molar-refractivity contribution in [3.63, 3.8) is 0 Å². The van der Waals surface area contributed by atoms with E-state index in [1.165, 1.54) is 0 Å². The number of hydrogen-bond acceptors (Lipinski definition) is 3. The van der Waals surface area contributed by atoms with Gasteiger partial charge in [0.1, 0.15) is 0 Å². The zero-order valence-electron chi connectivity index (χ0n) is 11.5. The van der Waals surface area contributed by atoms with Crippen LogP contribution in [0.15, 0.2) is 0 Å². The molecule has 1 atom stereocenters. The number of hydrogen-bond donors (Lipinski definition) is 0. The quantitative estimate of drug-likeness (QED) is 0.754. The van der Waals surface area contributed by atoms with E-state index in [2.05, 4.69) is 23.6 Å². The molecular formula is C14H22N2O2. The average molecular weight is 250 g/mol. The highest BCUT2D eigenvalue weighted by Crippen LogP contribution is 2.26. The summed E-state index contributed by atoms with van der Waals surface area (Å²) in [5.41, 5.74) is 2.91. The Morgan fingerprint density at radius 2 is 2.17 bits per heavy atom. The van der Waals surface area contributed by atoms with Gasteiger partial charge in [0, 0.05) is 18.7 Å². The molecule has 2 heterocycles. The SMILES string of the molecule is CCC(=O)c1c(CC)nn(C2CCOC2)c1CC. The van der Waals surface area contributed by atoms with E-state index < -0.39 is 0 Å². The molecule has 4 heteroatoms. The van der Waals surface area contributed by atoms with Gasteiger partial charge in [0.05, 0.1) is 23.9 Å². The minimum atomic E-state index is 0.217. The van der Waals surface area contributed by atoms with Gasteiger partial charge >= 0.3 is 0 Å². The van der Waals surface area contributed by atoms with Crippen molar-refractivity contribution in [3.8, 4) is 0 Å². The second kappa shape index (κ2) is 5.65. The van der Waals surface area contributed by atoms with E-state index in [1.54, 1.807) is 0 Å². The summed E-state index contributed by atoms with van der Waals surface area (Å²) in [5.74, 6) is 0.217. The van der Waals surface area contributed by atoms with Crippen LogP contribution in [0.1, 0.15) is 61.4 Å². The molecule has 0 bridgehead atoms. The summed E-state index contributed by atoms with van der Waals surface area (Å²) in [7, 11) is 0. The Kier molecular flexibility index (Phi) is 4.17. The maximum atomic E-state index is 12.1. The summed E-state index contributed by atoms with van der Waals surface area (Å²) in [6, 6.07) is 0.309. The van der Waals surface area contributed by atoms with Gasteiger partial charge in [0.15, 0.2) is 5.78 Å². The van der Waals surface area contributed by atoms with Crippen molar-refractivity contribution >= 4 is 5.78 Å². The maximum Gasteiger partial charge on any atom is 0.166 e. The molecule has 1 aliphatic rings. The van der Waals surface area contributed by atoms with E-state index in [1.807, 2.05) is 6.92 Å². The van der Waals surface area contributed by atoms with Crippen LogP contribution in [0.3, 0.4) is 0 Å². The lowest BCUT2D eigenvalue weighted by Gasteiger charge is -2.12. The number of ether oxygens (including phenoxy) is 1. The number of aromatic nitrogens is 2. The summed E-state index contributed by atoms with van der Waals surface area (Å²) >= 11 is 0. The van der Waals surface area contributed by atoms with E-state index in [0.717, 1.165) is 49.4 Å². The zero-order valence-corrected chi connectivity index (χ0v) is 11.5. The second-order valence-corrected chi connectivity index (χ2v) is 4.71. The Labute approximate surface area is 108 Å². The molecule has 1 unspecified atom stereocenters. The highest BCUT2D eigenvalue weighted by atomic mass is 16.5. The van der Waals surface area contributed by atoms with Crippen LogP contribution in [0, 0.1) is 0 Å². The molecule has 0 amide bonds. The molecule has 0 radical (unpaired) electrons. The highest BCUT2D eigenvalue weighted by molar-refractivity contribution is 5.98. The van der Waals surface area contributed by atoms with Gasteiger partial charge in [-0.05, 0) is 19.3 Å². The van der Waals surface area contributed by atoms with E-state index in [4.69, 9.17) is 4.74 Å². The summed E-state index contributed by atoms with van der Waals surface area (Å²) in [6.07, 6.45) is 3.21. The first-order chi connectivity index (χ1) is 8.72. The molecule has 100 valence electrons. The topological polar surface area (TPSA) is 44.1 Å². The molecule has 0 N–H and O–H groups in total. The third-order valence-electron chi connectivity index (χ3n) is 3.60. The summed E-state index contributed by atoms with van der Waals surface area (Å²) in [6.45, 7) is 7.58. The van der Waals surface area contributed by atoms with Crippen molar-refractivity contribution < 1.29 is 9.53 Å². The van der Waals surface area contributed by atoms with Crippen molar-refractivity contribution in [2.75, 3.05) is 13.2 Å². The number of rotatable bonds is 5. The number of nitrogens with zero attached hydrogens (tertiary/aromatic N) is 2. The lowest BCUT2D eigenvalue weighted by molar-refractivity contribution is 0.0986. The first-order valence-corrected chi connectivity index (χ1v) is 6.94. The number of ketones is 1. The molecule has 1 aromatic rings. The third-order valence-corrected chi connectivity index (χ3v) is 3.60. The van der Waals surface area contributed by atoms with E-state index in [0.29, 0.717) is 12.5 Å². The zero-order chi connectivity index (χ0) is 13.1. The Bertz CT molecular complexity index is 431. The Balaban J connectivity index is 2.46. The van der Waals surface area contributed by atoms with Crippen LogP contribution in [-0.4, -0.2) is 28.8 Å². The summed E-state index contributed by atoms with van der Waals surface area (Å²) in [5, 5.41) is 4.67. The smallest absolute Gasteiger partial charge is 0.166 e. The predicted octanol–water partition coefficient (Wildman–Crippen LogP) is 2.56. The van der Waals surface area contributed by atoms with Gasteiger partial charge < -0.3 is 4.74 Å². The van der Waals surface area contributed by atoms with Crippen LogP contribution in [0.25, 0.3) is 0 Å². The number of carbonyl (C=O) groups is 1. The van der Waals surface area contributed by atoms with Gasteiger partial charge in [-0.25, -0.2) is 0 Å². The fourth-order valence-electron chi connectivity index (χ4n) is 2.62. The lowest BCUT2D eigenvalue weighted by Crippen LogP contribution is -2.14. The molecule has 0 aliphatic carbocycles. The van der Waals surface area contributed by atoms with Crippen LogP contribution in [-0.2, 0) is 17.6 Å². The van der Waals surface area contributed by atoms with Crippen molar-refractivity contribution in [2.45, 2.75) is 52.5 Å². The molecule has 1 aromatic heterocycles. The fourth-order valence-corrected chi connectivity index (χ4v) is 2.62. The normalized spacial score (nSPS) is 19.4. The Morgan fingerprint density at radius 1 is 1.39 bits per heavy atom. The predicted molar refractivity (Wildman–Crippen MR) is 70.1 cm³/mol. The van der Waals surface area contributed by atoms with Crippen LogP contribution in [0.5, 0.6) is 0 Å². The van der Waals surface area contributed by atoms with Gasteiger partial charge in [-0.15, -0.1) is 0 Å². The molecule has 2 rings (SSSR count). The largest absolute Gasteiger partial charge is 0.379 e. The summed E-state index contributed by atoms with van der Waals surface area (Å²) in [4.78, 5) is 12.1. The second-order valence-electron chi connectivity index (χ2n) is 4.71. The number of carbonyl (C=O) groups excluding carboxylic acids is 1. The number of Topliss-reactive ketones (excluding diaryl/α,β-unsaturated/α-hetero) is 1. The van der Waals surface area contributed by atoms with Gasteiger partial charge in [-0.2, -0.15) is 5.10 Å². The van der Waals surface area contributed by atoms with Crippen molar-refractivity contribution in [3.05, 3.63) is 17.0 Å². The number of aryl methyl sites for hydroxylation is 1. The molecule has 1 saturated heterocycles. The first-order valence-electron chi connectivity index (χ1n) is 6.94. The fraction of sp³-hybridized carbons (Fsp3) is 0.714. The van der Waals surface area contributed by atoms with E-state index in [9.17, 15) is 4.79 Å². The van der Waals surface area contributed by atoms with Gasteiger partial charge in [0.2, 0.25) is 0 Å². The average Bonchev–Trinajstić information content (AvgIpc) is 3.03. The Morgan fingerprint density at radius 3 is 2.67 bits per heavy atom. The molecule has 4 nitrogen and oxygen atoms in total. The van der Waals surface area contributed by atoms with Crippen LogP contribution in [0.4, 0.5) is 0 Å². The molecule has 1 aliphatic heterocycles. The third kappa shape index (κ3) is 2.21. The maximum absolute atomic E-state index is 12.1. The molecule has 18 heavy (non-hydrogen) atoms. The molecular weight excluding hydrogens is 228 g/mol. The van der Waals surface area contributed by atoms with Gasteiger partial charge in [0.25, 0.3) is 0 Å². The van der Waals surface area contributed by atoms with Gasteiger partial charge in [-0.3, -0.25) is 9.48 Å². The van der Waals surface area contributed by atoms with Gasteiger partial charge in [-0.1, -0.05) is 20.8 Å². The minimum Gasteiger partial charge on any atom is -0.379 e. The standard InChI is InChI=1S/C14H22N2O2/c1-4-11-14(13(17)6-3)12(5-2)16(15-11)10-7-8-18-9-10/h10H,4-9H2,1-3H3. The van der Waals surface area contributed by atoms with Crippen LogP contribution >= 0.6 is 0 Å². The van der Waals surface area contributed by atoms with Crippen molar-refractivity contribution in [1.82, 2.24) is 9.78 Å². The van der Waals surface area contributed by atoms with Crippen LogP contribution < -0.4 is 0 Å². The molecule has 0 spiro atoms. The Hall–Kier alpha value is -1.16. The first kappa shape index (κ1) is 13.3. The lowest BCUT2D eigenvalue weighted by atomic mass is 10.0. The molecule has 0 aromatic carbocycles. The molecule has 1 fully saturated rings. The van der Waals surface area contributed by atoms with E-state index >= 15 is 0 Å².